The summed E-state index contributed by atoms with van der Waals surface area (Å²) in [5.74, 6) is -0.988. The number of carbonyl (C=O) groups excluding carboxylic acids is 3. The van der Waals surface area contributed by atoms with E-state index in [4.69, 9.17) is 14.2 Å². The lowest BCUT2D eigenvalue weighted by atomic mass is 10.3. The highest BCUT2D eigenvalue weighted by atomic mass is 16.5. The maximum Gasteiger partial charge on any atom is 0.253 e. The van der Waals surface area contributed by atoms with Crippen LogP contribution in [0.3, 0.4) is 0 Å². The quantitative estimate of drug-likeness (QED) is 0.370. The van der Waals surface area contributed by atoms with E-state index in [0.717, 1.165) is 4.90 Å². The third kappa shape index (κ3) is 8.76. The number of imide groups is 1. The van der Waals surface area contributed by atoms with Crippen LogP contribution in [-0.2, 0) is 28.6 Å². The van der Waals surface area contributed by atoms with Gasteiger partial charge in [-0.25, -0.2) is 0 Å². The normalized spacial score (nSPS) is 14.0. The minimum absolute atomic E-state index is 0.0815. The van der Waals surface area contributed by atoms with Gasteiger partial charge in [-0.2, -0.15) is 0 Å². The van der Waals surface area contributed by atoms with E-state index < -0.39 is 0 Å². The molecule has 3 amide bonds. The second-order valence-corrected chi connectivity index (χ2v) is 5.41. The molecule has 0 atom stereocenters. The lowest BCUT2D eigenvalue weighted by Crippen LogP contribution is -2.35. The summed E-state index contributed by atoms with van der Waals surface area (Å²) in [6.45, 7) is 6.78. The standard InChI is InChI=1S/C16H26N2O6/c1-13(2)24-12-11-23-10-9-22-8-6-17-14(19)5-7-18-15(20)3-4-16(18)21/h3-4,13H,5-12H2,1-2H3,(H,17,19). The molecule has 8 nitrogen and oxygen atoms in total. The summed E-state index contributed by atoms with van der Waals surface area (Å²) in [4.78, 5) is 35.2. The molecule has 1 aliphatic rings. The predicted octanol–water partition coefficient (Wildman–Crippen LogP) is -0.124. The van der Waals surface area contributed by atoms with E-state index in [1.807, 2.05) is 13.8 Å². The van der Waals surface area contributed by atoms with Crippen LogP contribution in [-0.4, -0.2) is 74.8 Å². The van der Waals surface area contributed by atoms with Crippen molar-refractivity contribution in [2.24, 2.45) is 0 Å². The van der Waals surface area contributed by atoms with E-state index in [-0.39, 0.29) is 36.8 Å². The van der Waals surface area contributed by atoms with Crippen molar-refractivity contribution in [3.05, 3.63) is 12.2 Å². The molecule has 0 spiro atoms. The highest BCUT2D eigenvalue weighted by Gasteiger charge is 2.23. The monoisotopic (exact) mass is 342 g/mol. The summed E-state index contributed by atoms with van der Waals surface area (Å²) in [7, 11) is 0. The van der Waals surface area contributed by atoms with Crippen molar-refractivity contribution in [2.45, 2.75) is 26.4 Å². The van der Waals surface area contributed by atoms with Gasteiger partial charge in [0.15, 0.2) is 0 Å². The number of rotatable bonds is 13. The highest BCUT2D eigenvalue weighted by Crippen LogP contribution is 2.03. The molecule has 0 bridgehead atoms. The summed E-state index contributed by atoms with van der Waals surface area (Å²) >= 11 is 0. The molecular weight excluding hydrogens is 316 g/mol. The van der Waals surface area contributed by atoms with Gasteiger partial charge in [-0.3, -0.25) is 19.3 Å². The molecule has 0 radical (unpaired) electrons. The zero-order valence-electron chi connectivity index (χ0n) is 14.3. The molecule has 0 aromatic carbocycles. The van der Waals surface area contributed by atoms with E-state index in [2.05, 4.69) is 5.32 Å². The van der Waals surface area contributed by atoms with Crippen LogP contribution in [0.5, 0.6) is 0 Å². The number of nitrogens with zero attached hydrogens (tertiary/aromatic N) is 1. The maximum atomic E-state index is 11.6. The van der Waals surface area contributed by atoms with Crippen molar-refractivity contribution < 1.29 is 28.6 Å². The zero-order valence-corrected chi connectivity index (χ0v) is 14.3. The summed E-state index contributed by atoms with van der Waals surface area (Å²) in [5, 5.41) is 2.67. The van der Waals surface area contributed by atoms with E-state index in [1.165, 1.54) is 12.2 Å². The molecule has 0 unspecified atom stereocenters. The Kier molecular flexibility index (Phi) is 9.90. The highest BCUT2D eigenvalue weighted by molar-refractivity contribution is 6.13. The molecule has 0 aliphatic carbocycles. The fourth-order valence-electron chi connectivity index (χ4n) is 1.88. The second-order valence-electron chi connectivity index (χ2n) is 5.41. The van der Waals surface area contributed by atoms with Gasteiger partial charge in [-0.15, -0.1) is 0 Å². The lowest BCUT2D eigenvalue weighted by Gasteiger charge is -2.13. The van der Waals surface area contributed by atoms with Crippen LogP contribution in [0.4, 0.5) is 0 Å². The Balaban J connectivity index is 1.89. The minimum Gasteiger partial charge on any atom is -0.377 e. The molecule has 8 heteroatoms. The van der Waals surface area contributed by atoms with Crippen molar-refractivity contribution in [1.82, 2.24) is 10.2 Å². The average molecular weight is 342 g/mol. The van der Waals surface area contributed by atoms with Gasteiger partial charge in [0, 0.05) is 31.7 Å². The Labute approximate surface area is 142 Å². The molecule has 0 aromatic rings. The van der Waals surface area contributed by atoms with Gasteiger partial charge in [-0.05, 0) is 13.8 Å². The fraction of sp³-hybridized carbons (Fsp3) is 0.688. The lowest BCUT2D eigenvalue weighted by molar-refractivity contribution is -0.137. The van der Waals surface area contributed by atoms with Gasteiger partial charge in [0.1, 0.15) is 0 Å². The van der Waals surface area contributed by atoms with Crippen molar-refractivity contribution in [3.63, 3.8) is 0 Å². The Morgan fingerprint density at radius 3 is 2.25 bits per heavy atom. The van der Waals surface area contributed by atoms with E-state index in [0.29, 0.717) is 39.6 Å². The van der Waals surface area contributed by atoms with Crippen LogP contribution in [0.2, 0.25) is 0 Å². The van der Waals surface area contributed by atoms with Crippen molar-refractivity contribution in [3.8, 4) is 0 Å². The number of ether oxygens (including phenoxy) is 3. The van der Waals surface area contributed by atoms with Crippen molar-refractivity contribution >= 4 is 17.7 Å². The molecule has 1 aliphatic heterocycles. The van der Waals surface area contributed by atoms with Crippen LogP contribution in [0.25, 0.3) is 0 Å². The van der Waals surface area contributed by atoms with Gasteiger partial charge < -0.3 is 19.5 Å². The van der Waals surface area contributed by atoms with E-state index >= 15 is 0 Å². The molecule has 0 fully saturated rings. The first kappa shape index (κ1) is 20.3. The molecule has 1 heterocycles. The van der Waals surface area contributed by atoms with Gasteiger partial charge in [0.25, 0.3) is 11.8 Å². The first-order valence-corrected chi connectivity index (χ1v) is 8.08. The molecule has 0 saturated carbocycles. The number of hydrogen-bond donors (Lipinski definition) is 1. The van der Waals surface area contributed by atoms with Crippen LogP contribution >= 0.6 is 0 Å². The van der Waals surface area contributed by atoms with Gasteiger partial charge in [0.05, 0.1) is 39.1 Å². The summed E-state index contributed by atoms with van der Waals surface area (Å²) in [6, 6.07) is 0. The summed E-state index contributed by atoms with van der Waals surface area (Å²) in [6.07, 6.45) is 2.68. The maximum absolute atomic E-state index is 11.6. The van der Waals surface area contributed by atoms with Crippen LogP contribution in [0.1, 0.15) is 20.3 Å². The van der Waals surface area contributed by atoms with Gasteiger partial charge in [0.2, 0.25) is 5.91 Å². The molecular formula is C16H26N2O6. The van der Waals surface area contributed by atoms with Gasteiger partial charge in [-0.1, -0.05) is 0 Å². The Morgan fingerprint density at radius 2 is 1.62 bits per heavy atom. The van der Waals surface area contributed by atoms with Gasteiger partial charge >= 0.3 is 0 Å². The smallest absolute Gasteiger partial charge is 0.253 e. The number of hydrogen-bond acceptors (Lipinski definition) is 6. The largest absolute Gasteiger partial charge is 0.377 e. The first-order valence-electron chi connectivity index (χ1n) is 8.08. The number of amides is 3. The average Bonchev–Trinajstić information content (AvgIpc) is 2.85. The third-order valence-corrected chi connectivity index (χ3v) is 3.08. The van der Waals surface area contributed by atoms with Crippen molar-refractivity contribution in [2.75, 3.05) is 46.1 Å². The van der Waals surface area contributed by atoms with E-state index in [9.17, 15) is 14.4 Å². The molecule has 1 N–H and O–H groups in total. The van der Waals surface area contributed by atoms with Crippen LogP contribution < -0.4 is 5.32 Å². The third-order valence-electron chi connectivity index (χ3n) is 3.08. The first-order chi connectivity index (χ1) is 11.5. The Bertz CT molecular complexity index is 432. The minimum atomic E-state index is -0.380. The molecule has 0 aromatic heterocycles. The number of carbonyl (C=O) groups is 3. The second kappa shape index (κ2) is 11.7. The molecule has 136 valence electrons. The molecule has 24 heavy (non-hydrogen) atoms. The fourth-order valence-corrected chi connectivity index (χ4v) is 1.88. The van der Waals surface area contributed by atoms with Crippen molar-refractivity contribution in [1.29, 1.82) is 0 Å². The number of nitrogens with one attached hydrogen (secondary N) is 1. The Hall–Kier alpha value is -1.77. The van der Waals surface area contributed by atoms with Crippen LogP contribution in [0, 0.1) is 0 Å². The molecule has 0 saturated heterocycles. The SMILES string of the molecule is CC(C)OCCOCCOCCNC(=O)CCN1C(=O)C=CC1=O. The summed E-state index contributed by atoms with van der Waals surface area (Å²) in [5.41, 5.74) is 0. The van der Waals surface area contributed by atoms with E-state index in [1.54, 1.807) is 0 Å². The topological polar surface area (TPSA) is 94.2 Å². The molecule has 1 rings (SSSR count). The zero-order chi connectivity index (χ0) is 17.8. The van der Waals surface area contributed by atoms with Crippen LogP contribution in [0.15, 0.2) is 12.2 Å². The Morgan fingerprint density at radius 1 is 1.04 bits per heavy atom. The summed E-state index contributed by atoms with van der Waals surface area (Å²) < 4.78 is 16.0. The predicted molar refractivity (Wildman–Crippen MR) is 86.2 cm³/mol.